The molecule has 0 aliphatic rings. The van der Waals surface area contributed by atoms with E-state index in [1.165, 1.54) is 276 Å². The fourth-order valence-electron chi connectivity index (χ4n) is 13.2. The lowest BCUT2D eigenvalue weighted by Crippen LogP contribution is -2.30. The second kappa shape index (κ2) is 78.2. The number of carbonyl (C=O) groups is 4. The van der Waals surface area contributed by atoms with Crippen LogP contribution in [-0.4, -0.2) is 96.7 Å². The third-order valence-corrected chi connectivity index (χ3v) is 21.8. The molecule has 0 amide bonds. The highest BCUT2D eigenvalue weighted by Gasteiger charge is 2.30. The van der Waals surface area contributed by atoms with Crippen molar-refractivity contribution in [2.24, 2.45) is 0 Å². The number of aliphatic hydroxyl groups is 1. The van der Waals surface area contributed by atoms with Gasteiger partial charge >= 0.3 is 39.5 Å². The SMILES string of the molecule is CCCCCCCCCCCCCCCCCCCCCCC(=O)OC[C@H](COP(=O)(O)OC[C@@H](O)COP(=O)(O)OC[C@@H](COC(=O)CCCCCCCCC)OC(=O)CCCCCCCCCCCCCCCCCC)OC(=O)CCCCCCCCCCCCCCCCCCCCCC. The molecule has 2 unspecified atom stereocenters. The van der Waals surface area contributed by atoms with E-state index in [0.717, 1.165) is 103 Å². The van der Waals surface area contributed by atoms with Crippen molar-refractivity contribution in [2.45, 2.75) is 476 Å². The molecule has 612 valence electrons. The smallest absolute Gasteiger partial charge is 0.462 e. The molecule has 0 saturated carbocycles. The molecule has 0 aliphatic carbocycles. The molecule has 5 atom stereocenters. The first kappa shape index (κ1) is 101. The Balaban J connectivity index is 5.16. The van der Waals surface area contributed by atoms with E-state index in [1.807, 2.05) is 0 Å². The summed E-state index contributed by atoms with van der Waals surface area (Å²) in [5.74, 6) is -2.11. The van der Waals surface area contributed by atoms with Gasteiger partial charge in [0.25, 0.3) is 0 Å². The number of hydrogen-bond acceptors (Lipinski definition) is 15. The van der Waals surface area contributed by atoms with Crippen molar-refractivity contribution >= 4 is 39.5 Å². The van der Waals surface area contributed by atoms with Gasteiger partial charge in [0.05, 0.1) is 26.4 Å². The van der Waals surface area contributed by atoms with Crippen LogP contribution in [0.4, 0.5) is 0 Å². The molecule has 103 heavy (non-hydrogen) atoms. The van der Waals surface area contributed by atoms with E-state index in [1.54, 1.807) is 0 Å². The van der Waals surface area contributed by atoms with Crippen molar-refractivity contribution < 1.29 is 80.2 Å². The third-order valence-electron chi connectivity index (χ3n) is 19.9. The van der Waals surface area contributed by atoms with E-state index >= 15 is 0 Å². The predicted molar refractivity (Wildman–Crippen MR) is 423 cm³/mol. The molecule has 0 rings (SSSR count). The van der Waals surface area contributed by atoms with E-state index in [9.17, 15) is 43.2 Å². The lowest BCUT2D eigenvalue weighted by Gasteiger charge is -2.21. The Morgan fingerprint density at radius 3 is 0.573 bits per heavy atom. The molecule has 17 nitrogen and oxygen atoms in total. The van der Waals surface area contributed by atoms with Crippen LogP contribution in [0.25, 0.3) is 0 Å². The number of carbonyl (C=O) groups excluding carboxylic acids is 4. The molecule has 0 saturated heterocycles. The Morgan fingerprint density at radius 2 is 0.388 bits per heavy atom. The molecule has 0 fully saturated rings. The van der Waals surface area contributed by atoms with Gasteiger partial charge in [-0.15, -0.1) is 0 Å². The Morgan fingerprint density at radius 1 is 0.233 bits per heavy atom. The second-order valence-corrected chi connectivity index (χ2v) is 33.1. The fourth-order valence-corrected chi connectivity index (χ4v) is 14.7. The van der Waals surface area contributed by atoms with Crippen LogP contribution in [0, 0.1) is 0 Å². The molecule has 0 bridgehead atoms. The quantitative estimate of drug-likeness (QED) is 0.0222. The zero-order chi connectivity index (χ0) is 75.3. The average molecular weight is 1510 g/mol. The van der Waals surface area contributed by atoms with Crippen molar-refractivity contribution in [1.29, 1.82) is 0 Å². The summed E-state index contributed by atoms with van der Waals surface area (Å²) in [6.45, 7) is 5.00. The minimum atomic E-state index is -4.96. The first-order valence-electron chi connectivity index (χ1n) is 43.8. The Kier molecular flexibility index (Phi) is 76.7. The maximum Gasteiger partial charge on any atom is 0.472 e. The van der Waals surface area contributed by atoms with Crippen LogP contribution in [0.2, 0.25) is 0 Å². The Labute approximate surface area is 632 Å². The molecular formula is C84H164O17P2. The van der Waals surface area contributed by atoms with Crippen LogP contribution in [-0.2, 0) is 65.4 Å². The highest BCUT2D eigenvalue weighted by atomic mass is 31.2. The largest absolute Gasteiger partial charge is 0.472 e. The molecular weight excluding hydrogens is 1340 g/mol. The number of unbranched alkanes of at least 4 members (excludes halogenated alkanes) is 59. The van der Waals surface area contributed by atoms with Crippen LogP contribution in [0.1, 0.15) is 458 Å². The summed E-state index contributed by atoms with van der Waals surface area (Å²) in [5, 5.41) is 10.6. The van der Waals surface area contributed by atoms with Crippen LogP contribution in [0.3, 0.4) is 0 Å². The molecule has 19 heteroatoms. The number of hydrogen-bond donors (Lipinski definition) is 3. The zero-order valence-corrected chi connectivity index (χ0v) is 69.1. The van der Waals surface area contributed by atoms with Gasteiger partial charge < -0.3 is 33.8 Å². The van der Waals surface area contributed by atoms with Gasteiger partial charge in [0, 0.05) is 25.7 Å². The van der Waals surface area contributed by atoms with E-state index < -0.39 is 97.5 Å². The summed E-state index contributed by atoms with van der Waals surface area (Å²) < 4.78 is 68.7. The number of phosphoric acid groups is 2. The highest BCUT2D eigenvalue weighted by molar-refractivity contribution is 7.47. The standard InChI is InChI=1S/C84H164O17P2/c1-5-9-13-17-21-24-27-30-33-36-38-40-42-45-47-50-53-57-61-65-69-82(87)95-75-80(101-84(89)71-67-63-59-55-52-49-46-43-41-39-37-34-31-28-25-22-18-14-10-6-2)77-99-103(92,93)97-73-78(85)72-96-102(90,91)98-76-79(74-94-81(86)68-64-60-56-20-16-12-8-4)100-83(88)70-66-62-58-54-51-48-44-35-32-29-26-23-19-15-11-7-3/h78-80,85H,5-77H2,1-4H3,(H,90,91)(H,92,93)/t78-,79+,80+/m0/s1. The average Bonchev–Trinajstić information content (AvgIpc) is 0.908. The molecule has 0 aromatic rings. The topological polar surface area (TPSA) is 237 Å². The van der Waals surface area contributed by atoms with Crippen molar-refractivity contribution in [3.05, 3.63) is 0 Å². The number of phosphoric ester groups is 2. The van der Waals surface area contributed by atoms with Gasteiger partial charge in [-0.25, -0.2) is 9.13 Å². The molecule has 3 N–H and O–H groups in total. The lowest BCUT2D eigenvalue weighted by molar-refractivity contribution is -0.161. The molecule has 0 aromatic carbocycles. The highest BCUT2D eigenvalue weighted by Crippen LogP contribution is 2.45. The van der Waals surface area contributed by atoms with Crippen molar-refractivity contribution in [3.8, 4) is 0 Å². The van der Waals surface area contributed by atoms with Crippen LogP contribution >= 0.6 is 15.6 Å². The molecule has 0 heterocycles. The van der Waals surface area contributed by atoms with Crippen LogP contribution in [0.5, 0.6) is 0 Å². The van der Waals surface area contributed by atoms with Crippen molar-refractivity contribution in [3.63, 3.8) is 0 Å². The molecule has 0 radical (unpaired) electrons. The van der Waals surface area contributed by atoms with E-state index in [-0.39, 0.29) is 25.7 Å². The number of aliphatic hydroxyl groups excluding tert-OH is 1. The van der Waals surface area contributed by atoms with Gasteiger partial charge in [0.1, 0.15) is 19.3 Å². The normalized spacial score (nSPS) is 13.7. The molecule has 0 aromatic heterocycles. The summed E-state index contributed by atoms with van der Waals surface area (Å²) in [4.78, 5) is 73.0. The summed E-state index contributed by atoms with van der Waals surface area (Å²) in [7, 11) is -9.92. The van der Waals surface area contributed by atoms with Crippen molar-refractivity contribution in [2.75, 3.05) is 39.6 Å². The summed E-state index contributed by atoms with van der Waals surface area (Å²) >= 11 is 0. The maximum absolute atomic E-state index is 13.1. The first-order chi connectivity index (χ1) is 50.2. The lowest BCUT2D eigenvalue weighted by atomic mass is 10.0. The summed E-state index contributed by atoms with van der Waals surface area (Å²) in [5.41, 5.74) is 0. The minimum absolute atomic E-state index is 0.109. The molecule has 0 spiro atoms. The fraction of sp³-hybridized carbons (Fsp3) is 0.952. The number of rotatable bonds is 85. The van der Waals surface area contributed by atoms with Gasteiger partial charge in [0.2, 0.25) is 0 Å². The van der Waals surface area contributed by atoms with Gasteiger partial charge in [-0.05, 0) is 25.7 Å². The number of esters is 4. The van der Waals surface area contributed by atoms with Gasteiger partial charge in [-0.3, -0.25) is 37.3 Å². The summed E-state index contributed by atoms with van der Waals surface area (Å²) in [6.07, 6.45) is 72.5. The summed E-state index contributed by atoms with van der Waals surface area (Å²) in [6, 6.07) is 0. The van der Waals surface area contributed by atoms with Gasteiger partial charge in [0.15, 0.2) is 12.2 Å². The van der Waals surface area contributed by atoms with Crippen molar-refractivity contribution in [1.82, 2.24) is 0 Å². The Bertz CT molecular complexity index is 1950. The van der Waals surface area contributed by atoms with Crippen LogP contribution < -0.4 is 0 Å². The third kappa shape index (κ3) is 78.0. The van der Waals surface area contributed by atoms with E-state index in [2.05, 4.69) is 27.7 Å². The Hall–Kier alpha value is -1.94. The van der Waals surface area contributed by atoms with Gasteiger partial charge in [-0.2, -0.15) is 0 Å². The monoisotopic (exact) mass is 1510 g/mol. The van der Waals surface area contributed by atoms with Crippen LogP contribution in [0.15, 0.2) is 0 Å². The van der Waals surface area contributed by atoms with E-state index in [4.69, 9.17) is 37.0 Å². The second-order valence-electron chi connectivity index (χ2n) is 30.2. The van der Waals surface area contributed by atoms with E-state index in [0.29, 0.717) is 25.7 Å². The first-order valence-corrected chi connectivity index (χ1v) is 46.8. The zero-order valence-electron chi connectivity index (χ0n) is 67.3. The minimum Gasteiger partial charge on any atom is -0.462 e. The number of ether oxygens (including phenoxy) is 4. The maximum atomic E-state index is 13.1. The molecule has 0 aliphatic heterocycles. The predicted octanol–water partition coefficient (Wildman–Crippen LogP) is 25.7. The van der Waals surface area contributed by atoms with Gasteiger partial charge in [-0.1, -0.05) is 407 Å².